The highest BCUT2D eigenvalue weighted by Gasteiger charge is 2.26. The predicted octanol–water partition coefficient (Wildman–Crippen LogP) is 3.41. The average molecular weight is 276 g/mol. The van der Waals surface area contributed by atoms with Crippen LogP contribution in [0.3, 0.4) is 0 Å². The van der Waals surface area contributed by atoms with Crippen molar-refractivity contribution in [2.24, 2.45) is 5.92 Å². The second-order valence-corrected chi connectivity index (χ2v) is 5.71. The standard InChI is InChI=1S/C16H28N4/c1-5-10-20(11-13-8-9-13)16-12(4)15(17-7-3)18-14(6-2)19-16/h13H,5-11H2,1-4H3,(H,17,18,19). The van der Waals surface area contributed by atoms with Crippen molar-refractivity contribution in [3.63, 3.8) is 0 Å². The Hall–Kier alpha value is -1.32. The van der Waals surface area contributed by atoms with Gasteiger partial charge in [0.15, 0.2) is 0 Å². The second kappa shape index (κ2) is 6.91. The number of rotatable bonds is 8. The summed E-state index contributed by atoms with van der Waals surface area (Å²) in [6.07, 6.45) is 4.80. The van der Waals surface area contributed by atoms with Crippen LogP contribution in [0, 0.1) is 12.8 Å². The van der Waals surface area contributed by atoms with Crippen molar-refractivity contribution in [1.82, 2.24) is 9.97 Å². The van der Waals surface area contributed by atoms with Crippen LogP contribution >= 0.6 is 0 Å². The van der Waals surface area contributed by atoms with Crippen molar-refractivity contribution >= 4 is 11.6 Å². The second-order valence-electron chi connectivity index (χ2n) is 5.71. The molecule has 1 heterocycles. The van der Waals surface area contributed by atoms with E-state index in [0.717, 1.165) is 55.9 Å². The van der Waals surface area contributed by atoms with E-state index in [0.29, 0.717) is 0 Å². The number of aryl methyl sites for hydroxylation is 1. The molecule has 0 spiro atoms. The minimum Gasteiger partial charge on any atom is -0.370 e. The molecule has 20 heavy (non-hydrogen) atoms. The summed E-state index contributed by atoms with van der Waals surface area (Å²) in [6, 6.07) is 0. The molecule has 1 saturated carbocycles. The lowest BCUT2D eigenvalue weighted by molar-refractivity contribution is 0.692. The van der Waals surface area contributed by atoms with E-state index in [1.54, 1.807) is 0 Å². The number of hydrogen-bond acceptors (Lipinski definition) is 4. The van der Waals surface area contributed by atoms with Crippen LogP contribution in [0.4, 0.5) is 11.6 Å². The highest BCUT2D eigenvalue weighted by atomic mass is 15.2. The maximum Gasteiger partial charge on any atom is 0.137 e. The highest BCUT2D eigenvalue weighted by molar-refractivity contribution is 5.58. The van der Waals surface area contributed by atoms with Crippen LogP contribution in [-0.2, 0) is 6.42 Å². The first-order valence-corrected chi connectivity index (χ1v) is 8.05. The Morgan fingerprint density at radius 2 is 1.95 bits per heavy atom. The van der Waals surface area contributed by atoms with Crippen LogP contribution in [0.5, 0.6) is 0 Å². The van der Waals surface area contributed by atoms with E-state index in [9.17, 15) is 0 Å². The number of hydrogen-bond donors (Lipinski definition) is 1. The Morgan fingerprint density at radius 3 is 2.50 bits per heavy atom. The molecule has 0 saturated heterocycles. The van der Waals surface area contributed by atoms with E-state index in [1.165, 1.54) is 18.4 Å². The van der Waals surface area contributed by atoms with Crippen LogP contribution in [-0.4, -0.2) is 29.6 Å². The van der Waals surface area contributed by atoms with Crippen LogP contribution in [0.15, 0.2) is 0 Å². The zero-order chi connectivity index (χ0) is 14.5. The van der Waals surface area contributed by atoms with Crippen molar-refractivity contribution in [3.8, 4) is 0 Å². The molecule has 1 aromatic rings. The summed E-state index contributed by atoms with van der Waals surface area (Å²) in [4.78, 5) is 11.9. The highest BCUT2D eigenvalue weighted by Crippen LogP contribution is 2.33. The SMILES string of the molecule is CCCN(CC1CC1)c1nc(CC)nc(NCC)c1C. The minimum absolute atomic E-state index is 0.878. The summed E-state index contributed by atoms with van der Waals surface area (Å²) in [6.45, 7) is 11.8. The molecule has 0 unspecified atom stereocenters. The largest absolute Gasteiger partial charge is 0.370 e. The Bertz CT molecular complexity index is 440. The smallest absolute Gasteiger partial charge is 0.137 e. The van der Waals surface area contributed by atoms with Crippen molar-refractivity contribution in [2.45, 2.75) is 53.4 Å². The lowest BCUT2D eigenvalue weighted by Crippen LogP contribution is -2.29. The number of nitrogens with zero attached hydrogens (tertiary/aromatic N) is 3. The fourth-order valence-electron chi connectivity index (χ4n) is 2.52. The maximum absolute atomic E-state index is 4.81. The molecular weight excluding hydrogens is 248 g/mol. The first-order valence-electron chi connectivity index (χ1n) is 8.05. The van der Waals surface area contributed by atoms with Crippen LogP contribution in [0.25, 0.3) is 0 Å². The van der Waals surface area contributed by atoms with Gasteiger partial charge in [-0.1, -0.05) is 13.8 Å². The molecule has 1 N–H and O–H groups in total. The van der Waals surface area contributed by atoms with Crippen LogP contribution in [0.1, 0.15) is 51.4 Å². The third kappa shape index (κ3) is 3.62. The molecule has 1 aliphatic rings. The van der Waals surface area contributed by atoms with Gasteiger partial charge in [-0.3, -0.25) is 0 Å². The molecule has 4 nitrogen and oxygen atoms in total. The van der Waals surface area contributed by atoms with Gasteiger partial charge in [-0.15, -0.1) is 0 Å². The van der Waals surface area contributed by atoms with Crippen molar-refractivity contribution in [2.75, 3.05) is 29.9 Å². The molecule has 1 aromatic heterocycles. The van der Waals surface area contributed by atoms with Gasteiger partial charge in [0.2, 0.25) is 0 Å². The van der Waals surface area contributed by atoms with Gasteiger partial charge in [-0.25, -0.2) is 9.97 Å². The molecule has 0 bridgehead atoms. The lowest BCUT2D eigenvalue weighted by Gasteiger charge is -2.26. The van der Waals surface area contributed by atoms with E-state index < -0.39 is 0 Å². The van der Waals surface area contributed by atoms with Gasteiger partial charge in [0.25, 0.3) is 0 Å². The summed E-state index contributed by atoms with van der Waals surface area (Å²) >= 11 is 0. The first-order chi connectivity index (χ1) is 9.69. The van der Waals surface area contributed by atoms with Gasteiger partial charge in [-0.05, 0) is 39.0 Å². The van der Waals surface area contributed by atoms with Crippen LogP contribution < -0.4 is 10.2 Å². The number of aromatic nitrogens is 2. The van der Waals surface area contributed by atoms with Crippen molar-refractivity contribution < 1.29 is 0 Å². The summed E-state index contributed by atoms with van der Waals surface area (Å²) < 4.78 is 0. The fraction of sp³-hybridized carbons (Fsp3) is 0.750. The molecule has 4 heteroatoms. The molecule has 0 aromatic carbocycles. The molecule has 0 radical (unpaired) electrons. The predicted molar refractivity (Wildman–Crippen MR) is 85.5 cm³/mol. The van der Waals surface area contributed by atoms with E-state index in [2.05, 4.69) is 42.9 Å². The minimum atomic E-state index is 0.878. The van der Waals surface area contributed by atoms with Crippen molar-refractivity contribution in [1.29, 1.82) is 0 Å². The van der Waals surface area contributed by atoms with E-state index in [1.807, 2.05) is 0 Å². The topological polar surface area (TPSA) is 41.1 Å². The Morgan fingerprint density at radius 1 is 1.20 bits per heavy atom. The van der Waals surface area contributed by atoms with Gasteiger partial charge in [0, 0.05) is 31.6 Å². The Labute approximate surface area is 123 Å². The van der Waals surface area contributed by atoms with E-state index in [-0.39, 0.29) is 0 Å². The van der Waals surface area contributed by atoms with E-state index >= 15 is 0 Å². The molecule has 2 rings (SSSR count). The number of anilines is 2. The molecule has 0 amide bonds. The van der Waals surface area contributed by atoms with Gasteiger partial charge in [0.1, 0.15) is 17.5 Å². The average Bonchev–Trinajstić information content (AvgIpc) is 3.25. The Balaban J connectivity index is 2.31. The molecule has 0 aliphatic heterocycles. The van der Waals surface area contributed by atoms with E-state index in [4.69, 9.17) is 4.98 Å². The van der Waals surface area contributed by atoms with Gasteiger partial charge in [0.05, 0.1) is 0 Å². The summed E-state index contributed by atoms with van der Waals surface area (Å²) in [5.41, 5.74) is 1.19. The summed E-state index contributed by atoms with van der Waals surface area (Å²) in [5, 5.41) is 3.38. The third-order valence-electron chi connectivity index (χ3n) is 3.80. The monoisotopic (exact) mass is 276 g/mol. The van der Waals surface area contributed by atoms with Gasteiger partial charge < -0.3 is 10.2 Å². The molecular formula is C16H28N4. The maximum atomic E-state index is 4.81. The van der Waals surface area contributed by atoms with Gasteiger partial charge in [-0.2, -0.15) is 0 Å². The summed E-state index contributed by atoms with van der Waals surface area (Å²) in [7, 11) is 0. The quantitative estimate of drug-likeness (QED) is 0.790. The van der Waals surface area contributed by atoms with Crippen LogP contribution in [0.2, 0.25) is 0 Å². The zero-order valence-corrected chi connectivity index (χ0v) is 13.4. The molecule has 1 fully saturated rings. The Kier molecular flexibility index (Phi) is 5.21. The number of nitrogens with one attached hydrogen (secondary N) is 1. The zero-order valence-electron chi connectivity index (χ0n) is 13.4. The third-order valence-corrected chi connectivity index (χ3v) is 3.80. The molecule has 1 aliphatic carbocycles. The normalized spacial score (nSPS) is 14.4. The van der Waals surface area contributed by atoms with Crippen molar-refractivity contribution in [3.05, 3.63) is 11.4 Å². The molecule has 112 valence electrons. The lowest BCUT2D eigenvalue weighted by atomic mass is 10.2. The first kappa shape index (κ1) is 15.1. The molecule has 0 atom stereocenters. The summed E-state index contributed by atoms with van der Waals surface area (Å²) in [5.74, 6) is 3.97. The van der Waals surface area contributed by atoms with Gasteiger partial charge >= 0.3 is 0 Å². The fourth-order valence-corrected chi connectivity index (χ4v) is 2.52.